The van der Waals surface area contributed by atoms with Gasteiger partial charge in [0.1, 0.15) is 0 Å². The van der Waals surface area contributed by atoms with Gasteiger partial charge in [-0.2, -0.15) is 0 Å². The van der Waals surface area contributed by atoms with Crippen LogP contribution in [-0.4, -0.2) is 44.1 Å². The lowest BCUT2D eigenvalue weighted by molar-refractivity contribution is -0.140. The first-order chi connectivity index (χ1) is 11.5. The van der Waals surface area contributed by atoms with E-state index < -0.39 is 0 Å². The van der Waals surface area contributed by atoms with Gasteiger partial charge in [-0.3, -0.25) is 9.79 Å². The molecule has 0 atom stereocenters. The number of aliphatic imine (C=N–C) groups is 1. The number of nitrogens with zero attached hydrogens (tertiary/aromatic N) is 2. The number of carbonyl (C=O) groups is 1. The Balaban J connectivity index is 0.00000576. The highest BCUT2D eigenvalue weighted by molar-refractivity contribution is 14.0. The number of halogens is 3. The number of ether oxygens (including phenoxy) is 1. The van der Waals surface area contributed by atoms with Crippen molar-refractivity contribution >= 4 is 59.1 Å². The number of hydrogen-bond donors (Lipinski definition) is 1. The Kier molecular flexibility index (Phi) is 13.1. The average Bonchev–Trinajstić information content (AvgIpc) is 2.56. The number of carbonyl (C=O) groups excluding carboxylic acids is 1. The highest BCUT2D eigenvalue weighted by Crippen LogP contribution is 2.23. The quantitative estimate of drug-likeness (QED) is 0.189. The topological polar surface area (TPSA) is 53.9 Å². The van der Waals surface area contributed by atoms with Crippen LogP contribution in [0.15, 0.2) is 23.2 Å². The van der Waals surface area contributed by atoms with Gasteiger partial charge in [0.05, 0.1) is 17.2 Å². The van der Waals surface area contributed by atoms with Crippen LogP contribution in [0, 0.1) is 0 Å². The molecular weight excluding hydrogens is 476 g/mol. The molecule has 0 spiro atoms. The summed E-state index contributed by atoms with van der Waals surface area (Å²) < 4.78 is 4.62. The van der Waals surface area contributed by atoms with Gasteiger partial charge in [0.25, 0.3) is 0 Å². The van der Waals surface area contributed by atoms with E-state index in [1.165, 1.54) is 7.11 Å². The molecule has 0 aliphatic carbocycles. The summed E-state index contributed by atoms with van der Waals surface area (Å²) in [6, 6.07) is 5.61. The molecule has 0 aliphatic rings. The Morgan fingerprint density at radius 3 is 2.60 bits per heavy atom. The maximum absolute atomic E-state index is 11.1. The van der Waals surface area contributed by atoms with Crippen LogP contribution in [0.4, 0.5) is 0 Å². The molecular formula is C17H26Cl2IN3O2. The summed E-state index contributed by atoms with van der Waals surface area (Å²) in [5.41, 5.74) is 1.06. The van der Waals surface area contributed by atoms with Crippen LogP contribution in [-0.2, 0) is 16.1 Å². The minimum Gasteiger partial charge on any atom is -0.469 e. The van der Waals surface area contributed by atoms with E-state index in [-0.39, 0.29) is 29.9 Å². The number of hydrogen-bond acceptors (Lipinski definition) is 3. The van der Waals surface area contributed by atoms with E-state index in [4.69, 9.17) is 23.2 Å². The number of rotatable bonds is 8. The molecule has 0 fully saturated rings. The molecule has 5 nitrogen and oxygen atoms in total. The molecule has 8 heteroatoms. The van der Waals surface area contributed by atoms with E-state index in [0.717, 1.165) is 30.9 Å². The van der Waals surface area contributed by atoms with Crippen LogP contribution in [0.2, 0.25) is 10.0 Å². The van der Waals surface area contributed by atoms with Crippen molar-refractivity contribution in [1.29, 1.82) is 0 Å². The van der Waals surface area contributed by atoms with Crippen molar-refractivity contribution in [1.82, 2.24) is 10.2 Å². The Labute approximate surface area is 177 Å². The lowest BCUT2D eigenvalue weighted by atomic mass is 10.2. The van der Waals surface area contributed by atoms with E-state index in [1.54, 1.807) is 6.07 Å². The third-order valence-corrected chi connectivity index (χ3v) is 4.12. The number of methoxy groups -OCH3 is 1. The fourth-order valence-corrected chi connectivity index (χ4v) is 2.45. The zero-order valence-electron chi connectivity index (χ0n) is 14.8. The van der Waals surface area contributed by atoms with Crippen molar-refractivity contribution in [2.45, 2.75) is 32.7 Å². The normalized spacial score (nSPS) is 10.8. The van der Waals surface area contributed by atoms with E-state index in [9.17, 15) is 4.79 Å². The number of benzene rings is 1. The first-order valence-corrected chi connectivity index (χ1v) is 8.73. The third kappa shape index (κ3) is 9.51. The summed E-state index contributed by atoms with van der Waals surface area (Å²) in [6.07, 6.45) is 2.04. The van der Waals surface area contributed by atoms with Crippen molar-refractivity contribution in [3.05, 3.63) is 33.8 Å². The molecule has 0 saturated heterocycles. The van der Waals surface area contributed by atoms with Crippen molar-refractivity contribution in [2.75, 3.05) is 27.2 Å². The molecule has 1 aromatic rings. The van der Waals surface area contributed by atoms with Gasteiger partial charge in [-0.05, 0) is 37.5 Å². The zero-order chi connectivity index (χ0) is 17.9. The van der Waals surface area contributed by atoms with E-state index in [1.807, 2.05) is 31.0 Å². The molecule has 142 valence electrons. The average molecular weight is 502 g/mol. The maximum atomic E-state index is 11.1. The SMILES string of the molecule is CCNC(=NCCCCC(=O)OC)N(C)Cc1ccc(Cl)c(Cl)c1.I. The minimum atomic E-state index is -0.178. The standard InChI is InChI=1S/C17H25Cl2N3O2.HI/c1-4-20-17(21-10-6-5-7-16(23)24-3)22(2)12-13-8-9-14(18)15(19)11-13;/h8-9,11H,4-7,10,12H2,1-3H3,(H,20,21);1H. The Bertz CT molecular complexity index is 571. The molecule has 0 saturated carbocycles. The van der Waals surface area contributed by atoms with Crippen LogP contribution in [0.5, 0.6) is 0 Å². The molecule has 25 heavy (non-hydrogen) atoms. The van der Waals surface area contributed by atoms with E-state index >= 15 is 0 Å². The van der Waals surface area contributed by atoms with Crippen molar-refractivity contribution in [3.63, 3.8) is 0 Å². The van der Waals surface area contributed by atoms with Crippen molar-refractivity contribution < 1.29 is 9.53 Å². The minimum absolute atomic E-state index is 0. The van der Waals surface area contributed by atoms with Crippen molar-refractivity contribution in [3.8, 4) is 0 Å². The monoisotopic (exact) mass is 501 g/mol. The summed E-state index contributed by atoms with van der Waals surface area (Å²) in [5, 5.41) is 4.36. The van der Waals surface area contributed by atoms with Crippen LogP contribution in [0.25, 0.3) is 0 Å². The van der Waals surface area contributed by atoms with Gasteiger partial charge in [-0.1, -0.05) is 29.3 Å². The number of esters is 1. The number of unbranched alkanes of at least 4 members (excludes halogenated alkanes) is 1. The van der Waals surface area contributed by atoms with Crippen LogP contribution < -0.4 is 5.32 Å². The third-order valence-electron chi connectivity index (χ3n) is 3.38. The maximum Gasteiger partial charge on any atom is 0.305 e. The first kappa shape index (κ1) is 24.3. The Morgan fingerprint density at radius 1 is 1.28 bits per heavy atom. The molecule has 1 N–H and O–H groups in total. The summed E-state index contributed by atoms with van der Waals surface area (Å²) in [4.78, 5) is 17.7. The van der Waals surface area contributed by atoms with Gasteiger partial charge in [0.2, 0.25) is 0 Å². The second-order valence-corrected chi connectivity index (χ2v) is 6.19. The highest BCUT2D eigenvalue weighted by atomic mass is 127. The second-order valence-electron chi connectivity index (χ2n) is 5.37. The Hall–Kier alpha value is -0.730. The zero-order valence-corrected chi connectivity index (χ0v) is 18.7. The largest absolute Gasteiger partial charge is 0.469 e. The van der Waals surface area contributed by atoms with Crippen molar-refractivity contribution in [2.24, 2.45) is 4.99 Å². The van der Waals surface area contributed by atoms with Gasteiger partial charge in [0, 0.05) is 33.1 Å². The summed E-state index contributed by atoms with van der Waals surface area (Å²) in [7, 11) is 3.38. The predicted octanol–water partition coefficient (Wildman–Crippen LogP) is 4.35. The van der Waals surface area contributed by atoms with Crippen LogP contribution in [0.1, 0.15) is 31.7 Å². The lowest BCUT2D eigenvalue weighted by Crippen LogP contribution is -2.38. The van der Waals surface area contributed by atoms with E-state index in [0.29, 0.717) is 29.6 Å². The fourth-order valence-electron chi connectivity index (χ4n) is 2.12. The summed E-state index contributed by atoms with van der Waals surface area (Å²) in [5.74, 6) is 0.643. The molecule has 0 bridgehead atoms. The molecule has 0 amide bonds. The van der Waals surface area contributed by atoms with Gasteiger partial charge in [-0.25, -0.2) is 0 Å². The number of guanidine groups is 1. The molecule has 0 heterocycles. The van der Waals surface area contributed by atoms with Gasteiger partial charge in [-0.15, -0.1) is 24.0 Å². The molecule has 0 aliphatic heterocycles. The fraction of sp³-hybridized carbons (Fsp3) is 0.529. The smallest absolute Gasteiger partial charge is 0.305 e. The molecule has 1 aromatic carbocycles. The summed E-state index contributed by atoms with van der Waals surface area (Å²) >= 11 is 12.0. The lowest BCUT2D eigenvalue weighted by Gasteiger charge is -2.22. The molecule has 0 unspecified atom stereocenters. The number of nitrogens with one attached hydrogen (secondary N) is 1. The Morgan fingerprint density at radius 2 is 2.00 bits per heavy atom. The van der Waals surface area contributed by atoms with Crippen LogP contribution in [0.3, 0.4) is 0 Å². The molecule has 0 radical (unpaired) electrons. The molecule has 1 rings (SSSR count). The molecule has 0 aromatic heterocycles. The highest BCUT2D eigenvalue weighted by Gasteiger charge is 2.08. The second kappa shape index (κ2) is 13.5. The van der Waals surface area contributed by atoms with Gasteiger partial charge >= 0.3 is 5.97 Å². The first-order valence-electron chi connectivity index (χ1n) is 7.98. The van der Waals surface area contributed by atoms with Gasteiger partial charge in [0.15, 0.2) is 5.96 Å². The van der Waals surface area contributed by atoms with Gasteiger partial charge < -0.3 is 15.0 Å². The predicted molar refractivity (Wildman–Crippen MR) is 115 cm³/mol. The van der Waals surface area contributed by atoms with Crippen LogP contribution >= 0.6 is 47.2 Å². The summed E-state index contributed by atoms with van der Waals surface area (Å²) in [6.45, 7) is 4.14. The van der Waals surface area contributed by atoms with E-state index in [2.05, 4.69) is 15.0 Å².